The van der Waals surface area contributed by atoms with Gasteiger partial charge >= 0.3 is 12.1 Å². The minimum absolute atomic E-state index is 0.103. The fourth-order valence-electron chi connectivity index (χ4n) is 2.35. The lowest BCUT2D eigenvalue weighted by Gasteiger charge is -2.13. The van der Waals surface area contributed by atoms with E-state index < -0.39 is 35.6 Å². The van der Waals surface area contributed by atoms with Gasteiger partial charge in [0.2, 0.25) is 0 Å². The van der Waals surface area contributed by atoms with Crippen molar-refractivity contribution in [1.29, 1.82) is 0 Å². The summed E-state index contributed by atoms with van der Waals surface area (Å²) in [6, 6.07) is 9.82. The van der Waals surface area contributed by atoms with Crippen molar-refractivity contribution >= 4 is 39.8 Å². The minimum atomic E-state index is -4.48. The lowest BCUT2D eigenvalue weighted by atomic mass is 10.2. The number of ether oxygens (including phenoxy) is 1. The SMILES string of the molecule is CC(OC(=O)c1ccc(NC(=O)c2ccco2)s1)C(=O)Nc1ccc(C(F)(F)F)cc1. The van der Waals surface area contributed by atoms with Crippen LogP contribution in [0.1, 0.15) is 32.7 Å². The molecule has 0 aliphatic heterocycles. The maximum atomic E-state index is 12.6. The predicted molar refractivity (Wildman–Crippen MR) is 106 cm³/mol. The Bertz CT molecular complexity index is 1080. The van der Waals surface area contributed by atoms with E-state index in [1.165, 1.54) is 31.4 Å². The van der Waals surface area contributed by atoms with E-state index in [-0.39, 0.29) is 16.3 Å². The molecule has 2 aromatic heterocycles. The molecule has 31 heavy (non-hydrogen) atoms. The van der Waals surface area contributed by atoms with Gasteiger partial charge in [-0.05, 0) is 55.5 Å². The highest BCUT2D eigenvalue weighted by Crippen LogP contribution is 2.30. The molecular formula is C20H15F3N2O5S. The monoisotopic (exact) mass is 452 g/mol. The number of carbonyl (C=O) groups is 3. The van der Waals surface area contributed by atoms with Crippen molar-refractivity contribution in [2.45, 2.75) is 19.2 Å². The number of halogens is 3. The summed E-state index contributed by atoms with van der Waals surface area (Å²) in [5.74, 6) is -1.89. The molecule has 1 aromatic carbocycles. The fraction of sp³-hybridized carbons (Fsp3) is 0.150. The zero-order valence-corrected chi connectivity index (χ0v) is 16.7. The van der Waals surface area contributed by atoms with Crippen molar-refractivity contribution in [3.8, 4) is 0 Å². The zero-order chi connectivity index (χ0) is 22.6. The first-order valence-electron chi connectivity index (χ1n) is 8.77. The minimum Gasteiger partial charge on any atom is -0.459 e. The fourth-order valence-corrected chi connectivity index (χ4v) is 3.14. The second-order valence-electron chi connectivity index (χ2n) is 6.21. The first kappa shape index (κ1) is 22.1. The molecule has 1 unspecified atom stereocenters. The normalized spacial score (nSPS) is 12.1. The van der Waals surface area contributed by atoms with Gasteiger partial charge in [-0.1, -0.05) is 0 Å². The van der Waals surface area contributed by atoms with E-state index >= 15 is 0 Å². The molecular weight excluding hydrogens is 437 g/mol. The van der Waals surface area contributed by atoms with Gasteiger partial charge in [-0.2, -0.15) is 13.2 Å². The van der Waals surface area contributed by atoms with Crippen LogP contribution in [-0.4, -0.2) is 23.9 Å². The zero-order valence-electron chi connectivity index (χ0n) is 15.9. The van der Waals surface area contributed by atoms with Crippen LogP contribution in [0.3, 0.4) is 0 Å². The highest BCUT2D eigenvalue weighted by atomic mass is 32.1. The third-order valence-corrected chi connectivity index (χ3v) is 4.90. The molecule has 3 aromatic rings. The molecule has 2 N–H and O–H groups in total. The predicted octanol–water partition coefficient (Wildman–Crippen LogP) is 4.80. The van der Waals surface area contributed by atoms with Crippen molar-refractivity contribution in [2.75, 3.05) is 10.6 Å². The van der Waals surface area contributed by atoms with E-state index in [9.17, 15) is 27.6 Å². The van der Waals surface area contributed by atoms with Gasteiger partial charge in [0.15, 0.2) is 11.9 Å². The van der Waals surface area contributed by atoms with Crippen LogP contribution in [0.5, 0.6) is 0 Å². The Kier molecular flexibility index (Phi) is 6.44. The van der Waals surface area contributed by atoms with E-state index in [1.54, 1.807) is 6.07 Å². The Labute approximate surface area is 177 Å². The number of thiophene rings is 1. The van der Waals surface area contributed by atoms with E-state index in [1.807, 2.05) is 0 Å². The molecule has 2 heterocycles. The lowest BCUT2D eigenvalue weighted by molar-refractivity contribution is -0.137. The number of amides is 2. The van der Waals surface area contributed by atoms with Gasteiger partial charge in [0.1, 0.15) is 4.88 Å². The van der Waals surface area contributed by atoms with Crippen molar-refractivity contribution in [2.24, 2.45) is 0 Å². The van der Waals surface area contributed by atoms with Crippen LogP contribution in [0.4, 0.5) is 23.9 Å². The number of benzene rings is 1. The first-order valence-corrected chi connectivity index (χ1v) is 9.59. The van der Waals surface area contributed by atoms with Gasteiger partial charge in [0, 0.05) is 5.69 Å². The standard InChI is InChI=1S/C20H15F3N2O5S/c1-11(17(26)24-13-6-4-12(5-7-13)20(21,22)23)30-19(28)15-8-9-16(31-15)25-18(27)14-3-2-10-29-14/h2-11H,1H3,(H,24,26)(H,25,27). The maximum absolute atomic E-state index is 12.6. The Morgan fingerprint density at radius 3 is 2.35 bits per heavy atom. The second-order valence-corrected chi connectivity index (χ2v) is 7.29. The molecule has 0 fully saturated rings. The summed E-state index contributed by atoms with van der Waals surface area (Å²) in [6.07, 6.45) is -4.34. The number of hydrogen-bond donors (Lipinski definition) is 2. The Hall–Kier alpha value is -3.60. The molecule has 0 aliphatic carbocycles. The molecule has 0 spiro atoms. The van der Waals surface area contributed by atoms with E-state index in [2.05, 4.69) is 10.6 Å². The third kappa shape index (κ3) is 5.72. The highest BCUT2D eigenvalue weighted by molar-refractivity contribution is 7.18. The van der Waals surface area contributed by atoms with Crippen molar-refractivity contribution in [3.05, 3.63) is 71.0 Å². The molecule has 0 radical (unpaired) electrons. The Balaban J connectivity index is 1.54. The quantitative estimate of drug-likeness (QED) is 0.524. The van der Waals surface area contributed by atoms with Gasteiger partial charge in [0.05, 0.1) is 16.8 Å². The van der Waals surface area contributed by atoms with E-state index in [4.69, 9.17) is 9.15 Å². The van der Waals surface area contributed by atoms with Gasteiger partial charge in [-0.25, -0.2) is 4.79 Å². The van der Waals surface area contributed by atoms with Crippen LogP contribution >= 0.6 is 11.3 Å². The molecule has 0 bridgehead atoms. The van der Waals surface area contributed by atoms with Crippen LogP contribution in [0.25, 0.3) is 0 Å². The number of rotatable bonds is 6. The third-order valence-electron chi connectivity index (χ3n) is 3.92. The number of carbonyl (C=O) groups excluding carboxylic acids is 3. The number of esters is 1. The molecule has 0 aliphatic rings. The number of nitrogens with one attached hydrogen (secondary N) is 2. The molecule has 0 saturated carbocycles. The summed E-state index contributed by atoms with van der Waals surface area (Å²) >= 11 is 0.942. The van der Waals surface area contributed by atoms with Crippen molar-refractivity contribution in [1.82, 2.24) is 0 Å². The van der Waals surface area contributed by atoms with Crippen molar-refractivity contribution < 1.29 is 36.7 Å². The van der Waals surface area contributed by atoms with E-state index in [0.717, 1.165) is 35.6 Å². The Morgan fingerprint density at radius 2 is 1.74 bits per heavy atom. The van der Waals surface area contributed by atoms with Crippen LogP contribution in [0, 0.1) is 0 Å². The number of anilines is 2. The molecule has 162 valence electrons. The van der Waals surface area contributed by atoms with Crippen LogP contribution in [-0.2, 0) is 15.7 Å². The van der Waals surface area contributed by atoms with Gasteiger partial charge in [-0.3, -0.25) is 9.59 Å². The van der Waals surface area contributed by atoms with Crippen LogP contribution in [0.15, 0.2) is 59.2 Å². The summed E-state index contributed by atoms with van der Waals surface area (Å²) in [4.78, 5) is 36.5. The first-order chi connectivity index (χ1) is 14.6. The van der Waals surface area contributed by atoms with E-state index in [0.29, 0.717) is 5.00 Å². The van der Waals surface area contributed by atoms with Crippen molar-refractivity contribution in [3.63, 3.8) is 0 Å². The number of alkyl halides is 3. The summed E-state index contributed by atoms with van der Waals surface area (Å²) in [5.41, 5.74) is -0.724. The molecule has 0 saturated heterocycles. The molecule has 11 heteroatoms. The molecule has 1 atom stereocenters. The van der Waals surface area contributed by atoms with Crippen LogP contribution in [0.2, 0.25) is 0 Å². The topological polar surface area (TPSA) is 97.6 Å². The summed E-state index contributed by atoms with van der Waals surface area (Å²) in [6.45, 7) is 1.32. The number of hydrogen-bond acceptors (Lipinski definition) is 6. The smallest absolute Gasteiger partial charge is 0.416 e. The average Bonchev–Trinajstić information content (AvgIpc) is 3.40. The second kappa shape index (κ2) is 9.04. The van der Waals surface area contributed by atoms with Gasteiger partial charge < -0.3 is 19.8 Å². The summed E-state index contributed by atoms with van der Waals surface area (Å²) in [7, 11) is 0. The maximum Gasteiger partial charge on any atom is 0.416 e. The van der Waals surface area contributed by atoms with Gasteiger partial charge in [0.25, 0.3) is 11.8 Å². The average molecular weight is 452 g/mol. The molecule has 2 amide bonds. The van der Waals surface area contributed by atoms with Crippen LogP contribution < -0.4 is 10.6 Å². The summed E-state index contributed by atoms with van der Waals surface area (Å²) < 4.78 is 47.8. The number of furan rings is 1. The Morgan fingerprint density at radius 1 is 1.03 bits per heavy atom. The lowest BCUT2D eigenvalue weighted by Crippen LogP contribution is -2.29. The summed E-state index contributed by atoms with van der Waals surface area (Å²) in [5, 5.41) is 5.31. The largest absolute Gasteiger partial charge is 0.459 e. The van der Waals surface area contributed by atoms with Gasteiger partial charge in [-0.15, -0.1) is 11.3 Å². The highest BCUT2D eigenvalue weighted by Gasteiger charge is 2.30. The molecule has 3 rings (SSSR count). The molecule has 7 nitrogen and oxygen atoms in total.